The topological polar surface area (TPSA) is 108 Å². The smallest absolute Gasteiger partial charge is 0.410 e. The molecule has 10 nitrogen and oxygen atoms in total. The summed E-state index contributed by atoms with van der Waals surface area (Å²) in [4.78, 5) is 27.0. The number of aromatic nitrogens is 2. The van der Waals surface area contributed by atoms with Crippen molar-refractivity contribution in [3.8, 4) is 33.8 Å². The molecule has 2 aromatic carbocycles. The highest BCUT2D eigenvalue weighted by Gasteiger charge is 2.40. The number of furan rings is 1. The van der Waals surface area contributed by atoms with Crippen LogP contribution in [0.4, 0.5) is 18.0 Å². The van der Waals surface area contributed by atoms with Gasteiger partial charge in [0.1, 0.15) is 34.4 Å². The van der Waals surface area contributed by atoms with Gasteiger partial charge in [-0.05, 0) is 69.0 Å². The van der Waals surface area contributed by atoms with Gasteiger partial charge in [-0.2, -0.15) is 13.9 Å². The number of alkyl halides is 3. The van der Waals surface area contributed by atoms with E-state index in [2.05, 4.69) is 10.4 Å². The average Bonchev–Trinajstić information content (AvgIpc) is 3.36. The molecule has 0 radical (unpaired) electrons. The normalized spacial score (nSPS) is 18.6. The van der Waals surface area contributed by atoms with Gasteiger partial charge in [-0.15, -0.1) is 0 Å². The van der Waals surface area contributed by atoms with E-state index in [1.54, 1.807) is 11.1 Å². The molecular weight excluding hydrogens is 605 g/mol. The van der Waals surface area contributed by atoms with E-state index in [4.69, 9.17) is 18.6 Å². The maximum Gasteiger partial charge on any atom is 0.410 e. The SMILES string of the molecule is COc1cc(-c2coc3cc(-c4cnn(C5CCN(C(=O)OC(C)(C)C)CC5)c4)ccc23)cc(OC(F)F)c1C(=O)N[C@@H]1C[C@@H]1F. The minimum absolute atomic E-state index is 0.00276. The van der Waals surface area contributed by atoms with Gasteiger partial charge in [-0.1, -0.05) is 6.07 Å². The fourth-order valence-corrected chi connectivity index (χ4v) is 5.63. The molecule has 13 heteroatoms. The van der Waals surface area contributed by atoms with Gasteiger partial charge in [-0.25, -0.2) is 9.18 Å². The largest absolute Gasteiger partial charge is 0.496 e. The predicted octanol–water partition coefficient (Wildman–Crippen LogP) is 6.99. The van der Waals surface area contributed by atoms with Crippen molar-refractivity contribution in [3.05, 3.63) is 54.6 Å². The number of fused-ring (bicyclic) bond motifs is 1. The summed E-state index contributed by atoms with van der Waals surface area (Å²) in [7, 11) is 1.31. The lowest BCUT2D eigenvalue weighted by molar-refractivity contribution is -0.0502. The molecule has 2 atom stereocenters. The molecule has 0 unspecified atom stereocenters. The molecule has 0 spiro atoms. The summed E-state index contributed by atoms with van der Waals surface area (Å²) in [5.74, 6) is -1.16. The fourth-order valence-electron chi connectivity index (χ4n) is 5.63. The minimum atomic E-state index is -3.21. The summed E-state index contributed by atoms with van der Waals surface area (Å²) in [6.07, 6.45) is 5.42. The number of amides is 2. The predicted molar refractivity (Wildman–Crippen MR) is 163 cm³/mol. The van der Waals surface area contributed by atoms with Crippen LogP contribution in [0.5, 0.6) is 11.5 Å². The number of halogens is 3. The van der Waals surface area contributed by atoms with Gasteiger partial charge in [0.05, 0.1) is 31.7 Å². The van der Waals surface area contributed by atoms with Crippen molar-refractivity contribution in [1.29, 1.82) is 0 Å². The van der Waals surface area contributed by atoms with Crippen LogP contribution in [0.3, 0.4) is 0 Å². The van der Waals surface area contributed by atoms with Crippen LogP contribution in [-0.4, -0.2) is 71.3 Å². The Morgan fingerprint density at radius 1 is 1.07 bits per heavy atom. The van der Waals surface area contributed by atoms with E-state index in [9.17, 15) is 22.8 Å². The monoisotopic (exact) mass is 640 g/mol. The van der Waals surface area contributed by atoms with E-state index in [1.807, 2.05) is 49.8 Å². The Kier molecular flexibility index (Phi) is 8.34. The number of rotatable bonds is 8. The van der Waals surface area contributed by atoms with Crippen molar-refractivity contribution < 1.29 is 41.4 Å². The fraction of sp³-hybridized carbons (Fsp3) is 0.424. The standard InChI is InChI=1S/C33H35F3N4O6/c1-33(2,3)46-32(42)39-9-7-21(8-10-39)40-16-20(15-37-40)18-5-6-22-23(17-44-26(22)11-18)19-12-27(43-4)29(28(13-19)45-31(35)36)30(41)38-25-14-24(25)34/h5-6,11-13,15-17,21,24-25,31H,7-10,14H2,1-4H3,(H,38,41)/t24-,25+/m0/s1. The van der Waals surface area contributed by atoms with E-state index in [0.29, 0.717) is 35.2 Å². The number of hydrogen-bond donors (Lipinski definition) is 1. The number of piperidine rings is 1. The van der Waals surface area contributed by atoms with E-state index < -0.39 is 36.1 Å². The van der Waals surface area contributed by atoms with Crippen LogP contribution >= 0.6 is 0 Å². The molecule has 1 N–H and O–H groups in total. The third-order valence-electron chi connectivity index (χ3n) is 8.07. The second kappa shape index (κ2) is 12.3. The van der Waals surface area contributed by atoms with Gasteiger partial charge in [0.15, 0.2) is 0 Å². The van der Waals surface area contributed by atoms with Crippen LogP contribution in [0.1, 0.15) is 56.4 Å². The third kappa shape index (κ3) is 6.63. The Morgan fingerprint density at radius 2 is 1.78 bits per heavy atom. The first-order valence-electron chi connectivity index (χ1n) is 15.1. The molecule has 4 aromatic rings. The van der Waals surface area contributed by atoms with Crippen molar-refractivity contribution >= 4 is 23.0 Å². The number of carbonyl (C=O) groups excluding carboxylic acids is 2. The van der Waals surface area contributed by atoms with Crippen molar-refractivity contribution in [2.75, 3.05) is 20.2 Å². The summed E-state index contributed by atoms with van der Waals surface area (Å²) in [5.41, 5.74) is 2.51. The van der Waals surface area contributed by atoms with Crippen LogP contribution in [0, 0.1) is 0 Å². The van der Waals surface area contributed by atoms with E-state index in [1.165, 1.54) is 25.5 Å². The molecule has 2 fully saturated rings. The lowest BCUT2D eigenvalue weighted by atomic mass is 9.99. The summed E-state index contributed by atoms with van der Waals surface area (Å²) in [6, 6.07) is 7.95. The second-order valence-electron chi connectivity index (χ2n) is 12.5. The van der Waals surface area contributed by atoms with Gasteiger partial charge in [-0.3, -0.25) is 9.48 Å². The number of ether oxygens (including phenoxy) is 3. The Balaban J connectivity index is 1.21. The molecule has 3 heterocycles. The van der Waals surface area contributed by atoms with Crippen molar-refractivity contribution in [3.63, 3.8) is 0 Å². The number of benzene rings is 2. The van der Waals surface area contributed by atoms with Gasteiger partial charge in [0, 0.05) is 42.2 Å². The van der Waals surface area contributed by atoms with E-state index >= 15 is 0 Å². The Bertz CT molecular complexity index is 1760. The molecule has 2 aliphatic rings. The quantitative estimate of drug-likeness (QED) is 0.221. The molecule has 46 heavy (non-hydrogen) atoms. The number of likely N-dealkylation sites (tertiary alicyclic amines) is 1. The molecule has 1 aliphatic heterocycles. The molecule has 1 aliphatic carbocycles. The lowest BCUT2D eigenvalue weighted by Crippen LogP contribution is -2.42. The highest BCUT2D eigenvalue weighted by Crippen LogP contribution is 2.40. The maximum atomic E-state index is 13.4. The van der Waals surface area contributed by atoms with Gasteiger partial charge < -0.3 is 28.8 Å². The Morgan fingerprint density at radius 3 is 2.43 bits per heavy atom. The zero-order valence-corrected chi connectivity index (χ0v) is 25.9. The van der Waals surface area contributed by atoms with Crippen LogP contribution in [0.25, 0.3) is 33.2 Å². The van der Waals surface area contributed by atoms with Crippen LogP contribution < -0.4 is 14.8 Å². The first-order valence-corrected chi connectivity index (χ1v) is 15.1. The molecule has 2 amide bonds. The summed E-state index contributed by atoms with van der Waals surface area (Å²) in [6.45, 7) is 3.50. The summed E-state index contributed by atoms with van der Waals surface area (Å²) < 4.78 is 63.6. The average molecular weight is 641 g/mol. The van der Waals surface area contributed by atoms with E-state index in [-0.39, 0.29) is 29.9 Å². The number of hydrogen-bond acceptors (Lipinski definition) is 7. The maximum absolute atomic E-state index is 13.4. The van der Waals surface area contributed by atoms with Crippen LogP contribution in [0.15, 0.2) is 53.4 Å². The van der Waals surface area contributed by atoms with Crippen molar-refractivity contribution in [1.82, 2.24) is 20.0 Å². The van der Waals surface area contributed by atoms with Crippen molar-refractivity contribution in [2.45, 2.75) is 70.5 Å². The Labute approximate surface area is 263 Å². The van der Waals surface area contributed by atoms with Gasteiger partial charge in [0.25, 0.3) is 5.91 Å². The molecule has 0 bridgehead atoms. The molecule has 6 rings (SSSR count). The highest BCUT2D eigenvalue weighted by atomic mass is 19.3. The number of methoxy groups -OCH3 is 1. The minimum Gasteiger partial charge on any atom is -0.496 e. The van der Waals surface area contributed by atoms with Crippen molar-refractivity contribution in [2.24, 2.45) is 0 Å². The summed E-state index contributed by atoms with van der Waals surface area (Å²) in [5, 5.41) is 7.77. The van der Waals surface area contributed by atoms with Crippen LogP contribution in [0.2, 0.25) is 0 Å². The van der Waals surface area contributed by atoms with Gasteiger partial charge in [0.2, 0.25) is 0 Å². The first-order chi connectivity index (χ1) is 21.9. The number of carbonyl (C=O) groups is 2. The summed E-state index contributed by atoms with van der Waals surface area (Å²) >= 11 is 0. The Hall–Kier alpha value is -4.68. The first kappa shape index (κ1) is 31.3. The lowest BCUT2D eigenvalue weighted by Gasteiger charge is -2.33. The molecular formula is C33H35F3N4O6. The van der Waals surface area contributed by atoms with Crippen LogP contribution in [-0.2, 0) is 4.74 Å². The highest BCUT2D eigenvalue weighted by molar-refractivity contribution is 6.02. The molecule has 1 saturated heterocycles. The number of nitrogens with one attached hydrogen (secondary N) is 1. The van der Waals surface area contributed by atoms with E-state index in [0.717, 1.165) is 24.0 Å². The zero-order chi connectivity index (χ0) is 32.7. The van der Waals surface area contributed by atoms with Gasteiger partial charge >= 0.3 is 12.7 Å². The molecule has 1 saturated carbocycles. The molecule has 244 valence electrons. The molecule has 2 aromatic heterocycles. The second-order valence-corrected chi connectivity index (χ2v) is 12.5. The third-order valence-corrected chi connectivity index (χ3v) is 8.07. The zero-order valence-electron chi connectivity index (χ0n) is 25.9. The number of nitrogens with zero attached hydrogens (tertiary/aromatic N) is 3.